The highest BCUT2D eigenvalue weighted by Crippen LogP contribution is 2.36. The maximum absolute atomic E-state index is 5.77. The van der Waals surface area contributed by atoms with E-state index in [4.69, 9.17) is 18.9 Å². The van der Waals surface area contributed by atoms with E-state index in [0.29, 0.717) is 39.6 Å². The Balaban J connectivity index is 1.82. The van der Waals surface area contributed by atoms with Crippen LogP contribution >= 0.6 is 23.5 Å². The zero-order valence-electron chi connectivity index (χ0n) is 10.7. The van der Waals surface area contributed by atoms with Gasteiger partial charge in [-0.05, 0) is 0 Å². The van der Waals surface area contributed by atoms with Crippen LogP contribution in [0.4, 0.5) is 0 Å². The van der Waals surface area contributed by atoms with E-state index in [0.717, 1.165) is 24.7 Å². The fraction of sp³-hybridized carbons (Fsp3) is 1.00. The van der Waals surface area contributed by atoms with E-state index in [-0.39, 0.29) is 5.41 Å². The molecule has 6 heteroatoms. The molecule has 4 nitrogen and oxygen atoms in total. The fourth-order valence-electron chi connectivity index (χ4n) is 1.96. The Morgan fingerprint density at radius 2 is 1.06 bits per heavy atom. The quantitative estimate of drug-likeness (QED) is 0.674. The van der Waals surface area contributed by atoms with Gasteiger partial charge in [0.25, 0.3) is 0 Å². The van der Waals surface area contributed by atoms with Crippen molar-refractivity contribution in [2.45, 2.75) is 0 Å². The number of hydrogen-bond acceptors (Lipinski definition) is 6. The molecule has 0 radical (unpaired) electrons. The molecular formula is C12H22O4S2. The van der Waals surface area contributed by atoms with Gasteiger partial charge in [-0.15, -0.1) is 0 Å². The minimum Gasteiger partial charge on any atom is -0.378 e. The highest BCUT2D eigenvalue weighted by molar-refractivity contribution is 8.16. The molecule has 106 valence electrons. The smallest absolute Gasteiger partial charge is 0.0701 e. The summed E-state index contributed by atoms with van der Waals surface area (Å²) in [6.45, 7) is 5.46. The first kappa shape index (κ1) is 14.9. The lowest BCUT2D eigenvalue weighted by molar-refractivity contribution is -0.0149. The standard InChI is InChI=1S/C12H22O4S2/c1-2-14-4-6-16-8-12(7-15-5-3-13-1)9-17-11-18-10-12/h1-11H2. The minimum absolute atomic E-state index is 0.168. The third-order valence-corrected chi connectivity index (χ3v) is 5.88. The number of hydrogen-bond donors (Lipinski definition) is 0. The van der Waals surface area contributed by atoms with Crippen molar-refractivity contribution in [1.29, 1.82) is 0 Å². The van der Waals surface area contributed by atoms with Gasteiger partial charge in [-0.2, -0.15) is 23.5 Å². The second-order valence-corrected chi connectivity index (χ2v) is 6.98. The molecule has 0 N–H and O–H groups in total. The summed E-state index contributed by atoms with van der Waals surface area (Å²) < 4.78 is 22.4. The lowest BCUT2D eigenvalue weighted by Gasteiger charge is -2.35. The van der Waals surface area contributed by atoms with Crippen LogP contribution < -0.4 is 0 Å². The Kier molecular flexibility index (Phi) is 7.19. The van der Waals surface area contributed by atoms with Crippen LogP contribution in [-0.2, 0) is 18.9 Å². The molecule has 0 bridgehead atoms. The molecule has 0 saturated carbocycles. The topological polar surface area (TPSA) is 36.9 Å². The zero-order chi connectivity index (χ0) is 12.5. The second-order valence-electron chi connectivity index (χ2n) is 4.64. The van der Waals surface area contributed by atoms with Crippen molar-refractivity contribution in [2.75, 3.05) is 69.4 Å². The molecular weight excluding hydrogens is 272 g/mol. The van der Waals surface area contributed by atoms with Gasteiger partial charge < -0.3 is 18.9 Å². The van der Waals surface area contributed by atoms with Crippen LogP contribution in [0.15, 0.2) is 0 Å². The summed E-state index contributed by atoms with van der Waals surface area (Å²) in [4.78, 5) is 0. The minimum atomic E-state index is 0.168. The van der Waals surface area contributed by atoms with Gasteiger partial charge in [-0.25, -0.2) is 0 Å². The highest BCUT2D eigenvalue weighted by atomic mass is 32.2. The van der Waals surface area contributed by atoms with E-state index >= 15 is 0 Å². The van der Waals surface area contributed by atoms with Gasteiger partial charge >= 0.3 is 0 Å². The van der Waals surface area contributed by atoms with Crippen LogP contribution in [0, 0.1) is 5.41 Å². The van der Waals surface area contributed by atoms with Crippen molar-refractivity contribution < 1.29 is 18.9 Å². The lowest BCUT2D eigenvalue weighted by atomic mass is 9.95. The van der Waals surface area contributed by atoms with Gasteiger partial charge in [0.15, 0.2) is 0 Å². The second kappa shape index (κ2) is 8.66. The predicted molar refractivity (Wildman–Crippen MR) is 75.5 cm³/mol. The van der Waals surface area contributed by atoms with Gasteiger partial charge in [0.1, 0.15) is 0 Å². The Hall–Kier alpha value is 0.540. The van der Waals surface area contributed by atoms with Crippen molar-refractivity contribution in [1.82, 2.24) is 0 Å². The van der Waals surface area contributed by atoms with E-state index < -0.39 is 0 Å². The molecule has 2 rings (SSSR count). The third-order valence-electron chi connectivity index (χ3n) is 2.92. The number of ether oxygens (including phenoxy) is 4. The molecule has 0 aromatic rings. The molecule has 2 saturated heterocycles. The van der Waals surface area contributed by atoms with Gasteiger partial charge in [-0.1, -0.05) is 0 Å². The van der Waals surface area contributed by atoms with Crippen molar-refractivity contribution in [3.05, 3.63) is 0 Å². The van der Waals surface area contributed by atoms with Gasteiger partial charge in [-0.3, -0.25) is 0 Å². The van der Waals surface area contributed by atoms with Gasteiger partial charge in [0.2, 0.25) is 0 Å². The SMILES string of the molecule is C1COCCOCC2(COCCO1)CSCSC2. The molecule has 18 heavy (non-hydrogen) atoms. The van der Waals surface area contributed by atoms with E-state index in [1.165, 1.54) is 5.08 Å². The molecule has 2 heterocycles. The molecule has 0 aromatic heterocycles. The van der Waals surface area contributed by atoms with E-state index in [1.54, 1.807) is 0 Å². The summed E-state index contributed by atoms with van der Waals surface area (Å²) in [6.07, 6.45) is 0. The summed E-state index contributed by atoms with van der Waals surface area (Å²) in [5.74, 6) is 2.25. The maximum Gasteiger partial charge on any atom is 0.0701 e. The van der Waals surface area contributed by atoms with Gasteiger partial charge in [0.05, 0.1) is 52.9 Å². The number of rotatable bonds is 0. The van der Waals surface area contributed by atoms with Crippen LogP contribution in [-0.4, -0.2) is 69.4 Å². The summed E-state index contributed by atoms with van der Waals surface area (Å²) >= 11 is 3.96. The summed E-state index contributed by atoms with van der Waals surface area (Å²) in [7, 11) is 0. The van der Waals surface area contributed by atoms with Crippen molar-refractivity contribution >= 4 is 23.5 Å². The van der Waals surface area contributed by atoms with Crippen LogP contribution in [0.2, 0.25) is 0 Å². The van der Waals surface area contributed by atoms with Crippen LogP contribution in [0.1, 0.15) is 0 Å². The Morgan fingerprint density at radius 3 is 1.56 bits per heavy atom. The first-order valence-electron chi connectivity index (χ1n) is 6.38. The highest BCUT2D eigenvalue weighted by Gasteiger charge is 2.33. The lowest BCUT2D eigenvalue weighted by Crippen LogP contribution is -2.40. The first-order valence-corrected chi connectivity index (χ1v) is 8.69. The molecule has 0 atom stereocenters. The number of thioether (sulfide) groups is 2. The van der Waals surface area contributed by atoms with Crippen LogP contribution in [0.5, 0.6) is 0 Å². The fourth-order valence-corrected chi connectivity index (χ4v) is 4.63. The van der Waals surface area contributed by atoms with Crippen molar-refractivity contribution in [2.24, 2.45) is 5.41 Å². The van der Waals surface area contributed by atoms with E-state index in [1.807, 2.05) is 23.5 Å². The average Bonchev–Trinajstić information content (AvgIpc) is 2.42. The zero-order valence-corrected chi connectivity index (χ0v) is 12.4. The Bertz CT molecular complexity index is 206. The van der Waals surface area contributed by atoms with E-state index in [2.05, 4.69) is 0 Å². The molecule has 0 unspecified atom stereocenters. The molecule has 2 fully saturated rings. The summed E-state index contributed by atoms with van der Waals surface area (Å²) in [5.41, 5.74) is 0.168. The molecule has 2 aliphatic rings. The normalized spacial score (nSPS) is 28.0. The predicted octanol–water partition coefficient (Wildman–Crippen LogP) is 1.49. The van der Waals surface area contributed by atoms with Crippen molar-refractivity contribution in [3.63, 3.8) is 0 Å². The summed E-state index contributed by atoms with van der Waals surface area (Å²) in [5, 5.41) is 1.19. The Labute approximate surface area is 117 Å². The molecule has 0 amide bonds. The maximum atomic E-state index is 5.77. The Morgan fingerprint density at radius 1 is 0.611 bits per heavy atom. The molecule has 1 spiro atoms. The molecule has 2 aliphatic heterocycles. The largest absolute Gasteiger partial charge is 0.378 e. The monoisotopic (exact) mass is 294 g/mol. The van der Waals surface area contributed by atoms with Crippen LogP contribution in [0.3, 0.4) is 0 Å². The average molecular weight is 294 g/mol. The first-order chi connectivity index (χ1) is 8.91. The van der Waals surface area contributed by atoms with Crippen LogP contribution in [0.25, 0.3) is 0 Å². The third kappa shape index (κ3) is 5.27. The molecule has 0 aliphatic carbocycles. The van der Waals surface area contributed by atoms with E-state index in [9.17, 15) is 0 Å². The van der Waals surface area contributed by atoms with Gasteiger partial charge in [0, 0.05) is 22.0 Å². The van der Waals surface area contributed by atoms with Crippen molar-refractivity contribution in [3.8, 4) is 0 Å². The molecule has 0 aromatic carbocycles. The summed E-state index contributed by atoms with van der Waals surface area (Å²) in [6, 6.07) is 0.